The summed E-state index contributed by atoms with van der Waals surface area (Å²) >= 11 is 7.36. The summed E-state index contributed by atoms with van der Waals surface area (Å²) in [6, 6.07) is 1.85. The van der Waals surface area contributed by atoms with Gasteiger partial charge in [-0.15, -0.1) is 0 Å². The zero-order valence-electron chi connectivity index (χ0n) is 10.1. The normalized spacial score (nSPS) is 16.6. The van der Waals surface area contributed by atoms with Gasteiger partial charge in [-0.3, -0.25) is 0 Å². The van der Waals surface area contributed by atoms with E-state index in [4.69, 9.17) is 16.7 Å². The molecule has 1 fully saturated rings. The van der Waals surface area contributed by atoms with Gasteiger partial charge in [-0.2, -0.15) is 17.0 Å². The molecule has 1 aliphatic rings. The Balaban J connectivity index is 2.50. The van der Waals surface area contributed by atoms with Gasteiger partial charge in [-0.05, 0) is 34.7 Å². The minimum absolute atomic E-state index is 0.0167. The number of amides is 1. The Morgan fingerprint density at radius 1 is 1.48 bits per heavy atom. The number of carboxylic acid groups (broad SMARTS) is 1. The second kappa shape index (κ2) is 5.82. The number of alkyl halides is 1. The molecule has 0 aliphatic carbocycles. The van der Waals surface area contributed by atoms with Crippen molar-refractivity contribution in [2.75, 3.05) is 17.4 Å². The number of anilines is 1. The number of rotatable bonds is 3. The molecular formula is C10H8ClF2IN2O4S. The summed E-state index contributed by atoms with van der Waals surface area (Å²) in [6.07, 6.45) is -3.15. The average molecular weight is 453 g/mol. The average Bonchev–Trinajstić information content (AvgIpc) is 2.35. The van der Waals surface area contributed by atoms with Gasteiger partial charge in [0.1, 0.15) is 12.0 Å². The third-order valence-electron chi connectivity index (χ3n) is 2.77. The van der Waals surface area contributed by atoms with Crippen LogP contribution >= 0.6 is 34.2 Å². The fraction of sp³-hybridized carbons (Fsp3) is 0.300. The molecule has 1 aliphatic heterocycles. The SMILES string of the molecule is O=C(O)N(c1ccc(F)c(I)c1Cl)S(=O)(=O)N1CC(F)C1. The molecule has 0 bridgehead atoms. The van der Waals surface area contributed by atoms with Crippen LogP contribution in [0.4, 0.5) is 19.3 Å². The van der Waals surface area contributed by atoms with Crippen molar-refractivity contribution in [3.8, 4) is 0 Å². The fourth-order valence-electron chi connectivity index (χ4n) is 1.69. The van der Waals surface area contributed by atoms with E-state index in [0.717, 1.165) is 12.1 Å². The van der Waals surface area contributed by atoms with E-state index < -0.39 is 47.1 Å². The van der Waals surface area contributed by atoms with Gasteiger partial charge < -0.3 is 5.11 Å². The number of nitrogens with zero attached hydrogens (tertiary/aromatic N) is 2. The summed E-state index contributed by atoms with van der Waals surface area (Å²) < 4.78 is 51.1. The quantitative estimate of drug-likeness (QED) is 0.565. The third kappa shape index (κ3) is 2.94. The summed E-state index contributed by atoms with van der Waals surface area (Å²) in [5.41, 5.74) is -0.405. The zero-order chi connectivity index (χ0) is 15.9. The molecule has 1 heterocycles. The molecular weight excluding hydrogens is 445 g/mol. The minimum Gasteiger partial charge on any atom is -0.464 e. The smallest absolute Gasteiger partial charge is 0.426 e. The molecule has 21 heavy (non-hydrogen) atoms. The lowest BCUT2D eigenvalue weighted by Gasteiger charge is -2.36. The highest BCUT2D eigenvalue weighted by molar-refractivity contribution is 14.1. The van der Waals surface area contributed by atoms with E-state index in [-0.39, 0.29) is 12.9 Å². The first kappa shape index (κ1) is 16.6. The summed E-state index contributed by atoms with van der Waals surface area (Å²) in [5.74, 6) is -0.708. The second-order valence-corrected chi connectivity index (χ2v) is 7.40. The van der Waals surface area contributed by atoms with Crippen molar-refractivity contribution in [2.45, 2.75) is 6.17 Å². The van der Waals surface area contributed by atoms with Crippen LogP contribution in [0.1, 0.15) is 0 Å². The van der Waals surface area contributed by atoms with Crippen molar-refractivity contribution in [2.24, 2.45) is 0 Å². The van der Waals surface area contributed by atoms with Crippen LogP contribution in [-0.4, -0.2) is 43.2 Å². The fourth-order valence-corrected chi connectivity index (χ4v) is 3.96. The molecule has 1 saturated heterocycles. The standard InChI is InChI=1S/C10H8ClF2IN2O4S/c11-8-7(2-1-6(13)9(8)14)16(10(17)18)21(19,20)15-3-5(12)4-15/h1-2,5H,3-4H2,(H,17,18). The molecule has 2 rings (SSSR count). The van der Waals surface area contributed by atoms with Crippen molar-refractivity contribution in [1.82, 2.24) is 4.31 Å². The second-order valence-electron chi connectivity index (χ2n) is 4.16. The first-order valence-corrected chi connectivity index (χ1v) is 8.32. The molecule has 116 valence electrons. The topological polar surface area (TPSA) is 77.9 Å². The molecule has 11 heteroatoms. The van der Waals surface area contributed by atoms with Crippen molar-refractivity contribution >= 4 is 56.2 Å². The number of hydrogen-bond donors (Lipinski definition) is 1. The minimum atomic E-state index is -4.48. The van der Waals surface area contributed by atoms with E-state index in [1.807, 2.05) is 0 Å². The molecule has 0 saturated carbocycles. The number of hydrogen-bond acceptors (Lipinski definition) is 3. The molecule has 1 aromatic rings. The molecule has 0 atom stereocenters. The Bertz CT molecular complexity index is 697. The maximum atomic E-state index is 13.3. The molecule has 6 nitrogen and oxygen atoms in total. The van der Waals surface area contributed by atoms with Gasteiger partial charge in [-0.1, -0.05) is 11.6 Å². The predicted octanol–water partition coefficient (Wildman–Crippen LogP) is 2.47. The Labute approximate surface area is 137 Å². The highest BCUT2D eigenvalue weighted by Crippen LogP contribution is 2.35. The molecule has 1 amide bonds. The number of carbonyl (C=O) groups is 1. The van der Waals surface area contributed by atoms with Crippen LogP contribution in [0.25, 0.3) is 0 Å². The van der Waals surface area contributed by atoms with E-state index in [1.165, 1.54) is 22.6 Å². The van der Waals surface area contributed by atoms with Crippen LogP contribution < -0.4 is 4.31 Å². The van der Waals surface area contributed by atoms with Crippen LogP contribution in [0.15, 0.2) is 12.1 Å². The van der Waals surface area contributed by atoms with E-state index in [1.54, 1.807) is 0 Å². The molecule has 0 radical (unpaired) electrons. The Morgan fingerprint density at radius 2 is 2.05 bits per heavy atom. The monoisotopic (exact) mass is 452 g/mol. The van der Waals surface area contributed by atoms with E-state index in [2.05, 4.69) is 0 Å². The van der Waals surface area contributed by atoms with Gasteiger partial charge in [0, 0.05) is 13.1 Å². The molecule has 1 aromatic carbocycles. The maximum absolute atomic E-state index is 13.3. The van der Waals surface area contributed by atoms with Gasteiger partial charge in [0.05, 0.1) is 14.3 Å². The lowest BCUT2D eigenvalue weighted by Crippen LogP contribution is -2.57. The van der Waals surface area contributed by atoms with E-state index in [0.29, 0.717) is 4.31 Å². The van der Waals surface area contributed by atoms with Gasteiger partial charge in [-0.25, -0.2) is 13.6 Å². The van der Waals surface area contributed by atoms with Gasteiger partial charge in [0.15, 0.2) is 0 Å². The van der Waals surface area contributed by atoms with Gasteiger partial charge in [0.25, 0.3) is 0 Å². The van der Waals surface area contributed by atoms with Crippen LogP contribution in [0, 0.1) is 9.39 Å². The van der Waals surface area contributed by atoms with Crippen molar-refractivity contribution in [3.63, 3.8) is 0 Å². The Kier molecular flexibility index (Phi) is 4.61. The molecule has 0 unspecified atom stereocenters. The maximum Gasteiger partial charge on any atom is 0.426 e. The summed E-state index contributed by atoms with van der Waals surface area (Å²) in [6.45, 7) is -0.857. The van der Waals surface area contributed by atoms with Crippen molar-refractivity contribution in [3.05, 3.63) is 26.5 Å². The lowest BCUT2D eigenvalue weighted by molar-refractivity contribution is 0.140. The van der Waals surface area contributed by atoms with Crippen molar-refractivity contribution in [1.29, 1.82) is 0 Å². The zero-order valence-corrected chi connectivity index (χ0v) is 13.9. The highest BCUT2D eigenvalue weighted by Gasteiger charge is 2.43. The van der Waals surface area contributed by atoms with Gasteiger partial charge in [0.2, 0.25) is 0 Å². The third-order valence-corrected chi connectivity index (χ3v) is 6.29. The number of benzene rings is 1. The summed E-state index contributed by atoms with van der Waals surface area (Å²) in [5, 5.41) is 8.80. The first-order chi connectivity index (χ1) is 9.66. The predicted molar refractivity (Wildman–Crippen MR) is 80.0 cm³/mol. The Morgan fingerprint density at radius 3 is 2.52 bits per heavy atom. The number of halogens is 4. The molecule has 0 spiro atoms. The largest absolute Gasteiger partial charge is 0.464 e. The highest BCUT2D eigenvalue weighted by atomic mass is 127. The van der Waals surface area contributed by atoms with Crippen molar-refractivity contribution < 1.29 is 27.1 Å². The Hall–Kier alpha value is -0.720. The van der Waals surface area contributed by atoms with Crippen LogP contribution in [0.3, 0.4) is 0 Å². The first-order valence-electron chi connectivity index (χ1n) is 5.47. The molecule has 0 aromatic heterocycles. The lowest BCUT2D eigenvalue weighted by atomic mass is 10.3. The van der Waals surface area contributed by atoms with Gasteiger partial charge >= 0.3 is 16.3 Å². The van der Waals surface area contributed by atoms with E-state index >= 15 is 0 Å². The van der Waals surface area contributed by atoms with Crippen LogP contribution in [-0.2, 0) is 10.2 Å². The van der Waals surface area contributed by atoms with E-state index in [9.17, 15) is 22.0 Å². The summed E-state index contributed by atoms with van der Waals surface area (Å²) in [7, 11) is -4.48. The van der Waals surface area contributed by atoms with Crippen LogP contribution in [0.2, 0.25) is 5.02 Å². The molecule has 1 N–H and O–H groups in total. The summed E-state index contributed by atoms with van der Waals surface area (Å²) in [4.78, 5) is 11.3. The van der Waals surface area contributed by atoms with Crippen LogP contribution in [0.5, 0.6) is 0 Å².